The van der Waals surface area contributed by atoms with Crippen LogP contribution in [0, 0.1) is 0 Å². The van der Waals surface area contributed by atoms with Crippen LogP contribution in [0.2, 0.25) is 0 Å². The average molecular weight is 327 g/mol. The van der Waals surface area contributed by atoms with E-state index in [2.05, 4.69) is 0 Å². The van der Waals surface area contributed by atoms with E-state index in [1.807, 2.05) is 0 Å². The van der Waals surface area contributed by atoms with Crippen molar-refractivity contribution < 1.29 is 30.5 Å². The minimum Gasteiger partial charge on any atom is -0.348 e. The summed E-state index contributed by atoms with van der Waals surface area (Å²) in [6.07, 6.45) is 0.0185. The molecule has 1 aliphatic rings. The van der Waals surface area contributed by atoms with Gasteiger partial charge in [-0.05, 0) is 0 Å². The average Bonchev–Trinajstić information content (AvgIpc) is 2.33. The zero-order valence-corrected chi connectivity index (χ0v) is 7.84. The van der Waals surface area contributed by atoms with Gasteiger partial charge in [0.2, 0.25) is 0 Å². The molecule has 0 aromatic rings. The van der Waals surface area contributed by atoms with E-state index >= 15 is 0 Å². The maximum Gasteiger partial charge on any atom is 2.00 e. The van der Waals surface area contributed by atoms with Crippen molar-refractivity contribution in [3.8, 4) is 0 Å². The molecular formula is C5H12N2O2Pt+2. The van der Waals surface area contributed by atoms with E-state index in [1.165, 1.54) is 0 Å². The monoisotopic (exact) mass is 327 g/mol. The normalized spacial score (nSPS) is 31.8. The molecule has 1 fully saturated rings. The molecule has 10 heavy (non-hydrogen) atoms. The molecule has 4 N–H and O–H groups in total. The second-order valence-electron chi connectivity index (χ2n) is 2.00. The van der Waals surface area contributed by atoms with Crippen LogP contribution in [0.15, 0.2) is 0 Å². The van der Waals surface area contributed by atoms with Crippen molar-refractivity contribution in [2.75, 3.05) is 19.9 Å². The van der Waals surface area contributed by atoms with Crippen LogP contribution in [0.5, 0.6) is 0 Å². The van der Waals surface area contributed by atoms with Gasteiger partial charge in [-0.3, -0.25) is 0 Å². The molecule has 1 saturated heterocycles. The molecule has 0 saturated carbocycles. The Morgan fingerprint density at radius 2 is 1.50 bits per heavy atom. The van der Waals surface area contributed by atoms with Gasteiger partial charge in [0.25, 0.3) is 0 Å². The van der Waals surface area contributed by atoms with Crippen molar-refractivity contribution in [2.45, 2.75) is 12.2 Å². The van der Waals surface area contributed by atoms with Crippen molar-refractivity contribution >= 4 is 0 Å². The van der Waals surface area contributed by atoms with E-state index in [-0.39, 0.29) is 33.3 Å². The Hall–Kier alpha value is 0.528. The van der Waals surface area contributed by atoms with Crippen LogP contribution in [-0.2, 0) is 30.5 Å². The molecule has 0 unspecified atom stereocenters. The van der Waals surface area contributed by atoms with Crippen LogP contribution in [0.4, 0.5) is 0 Å². The summed E-state index contributed by atoms with van der Waals surface area (Å²) in [5, 5.41) is 0. The summed E-state index contributed by atoms with van der Waals surface area (Å²) in [6.45, 7) is 1.31. The number of ether oxygens (including phenoxy) is 2. The molecule has 0 amide bonds. The second-order valence-corrected chi connectivity index (χ2v) is 2.00. The third kappa shape index (κ3) is 2.29. The van der Waals surface area contributed by atoms with Crippen LogP contribution in [0.25, 0.3) is 0 Å². The van der Waals surface area contributed by atoms with Crippen molar-refractivity contribution in [2.24, 2.45) is 11.5 Å². The molecule has 2 atom stereocenters. The van der Waals surface area contributed by atoms with Crippen molar-refractivity contribution in [3.63, 3.8) is 0 Å². The first-order valence-corrected chi connectivity index (χ1v) is 3.02. The number of nitrogens with two attached hydrogens (primary N) is 2. The van der Waals surface area contributed by atoms with Gasteiger partial charge in [-0.15, -0.1) is 0 Å². The first-order valence-electron chi connectivity index (χ1n) is 3.02. The van der Waals surface area contributed by atoms with Gasteiger partial charge in [0, 0.05) is 13.1 Å². The van der Waals surface area contributed by atoms with Crippen LogP contribution in [0.3, 0.4) is 0 Å². The molecule has 0 bridgehead atoms. The summed E-state index contributed by atoms with van der Waals surface area (Å²) >= 11 is 0. The summed E-state index contributed by atoms with van der Waals surface area (Å²) in [4.78, 5) is 0. The minimum absolute atomic E-state index is 0. The minimum atomic E-state index is 0. The van der Waals surface area contributed by atoms with E-state index < -0.39 is 0 Å². The fraction of sp³-hybridized carbons (Fsp3) is 1.00. The molecular weight excluding hydrogens is 315 g/mol. The van der Waals surface area contributed by atoms with Gasteiger partial charge < -0.3 is 20.9 Å². The number of hydrogen-bond acceptors (Lipinski definition) is 4. The zero-order chi connectivity index (χ0) is 6.69. The Morgan fingerprint density at radius 1 is 1.10 bits per heavy atom. The maximum absolute atomic E-state index is 5.34. The van der Waals surface area contributed by atoms with E-state index in [0.717, 1.165) is 0 Å². The fourth-order valence-electron chi connectivity index (χ4n) is 0.868. The molecule has 0 aliphatic carbocycles. The molecule has 4 nitrogen and oxygen atoms in total. The van der Waals surface area contributed by atoms with Gasteiger partial charge in [-0.2, -0.15) is 0 Å². The van der Waals surface area contributed by atoms with Gasteiger partial charge in [0.1, 0.15) is 19.0 Å². The predicted octanol–water partition coefficient (Wildman–Crippen LogP) is -1.36. The first kappa shape index (κ1) is 10.5. The molecule has 1 rings (SSSR count). The van der Waals surface area contributed by atoms with Gasteiger partial charge in [0.15, 0.2) is 0 Å². The fourth-order valence-corrected chi connectivity index (χ4v) is 0.868. The smallest absolute Gasteiger partial charge is 0.348 e. The van der Waals surface area contributed by atoms with Gasteiger partial charge in [-0.1, -0.05) is 0 Å². The van der Waals surface area contributed by atoms with E-state index in [9.17, 15) is 0 Å². The third-order valence-electron chi connectivity index (χ3n) is 1.44. The van der Waals surface area contributed by atoms with Crippen molar-refractivity contribution in [1.82, 2.24) is 0 Å². The summed E-state index contributed by atoms with van der Waals surface area (Å²) in [7, 11) is 0. The summed E-state index contributed by atoms with van der Waals surface area (Å²) in [6, 6.07) is 0. The van der Waals surface area contributed by atoms with Gasteiger partial charge in [0.05, 0.1) is 0 Å². The SMILES string of the molecule is NC[C@H]1OCO[C@@H]1CN.[Pt+2]. The topological polar surface area (TPSA) is 70.5 Å². The van der Waals surface area contributed by atoms with E-state index in [4.69, 9.17) is 20.9 Å². The maximum atomic E-state index is 5.34. The first-order chi connectivity index (χ1) is 4.38. The molecule has 0 spiro atoms. The Bertz CT molecular complexity index is 83.7. The van der Waals surface area contributed by atoms with Gasteiger partial charge >= 0.3 is 21.1 Å². The standard InChI is InChI=1S/C5H12N2O2.Pt/c6-1-4-5(2-7)9-3-8-4;/h4-5H,1-3,6-7H2;/q;+2/t4-,5-;/m1./s1. The Balaban J connectivity index is 0.000000810. The molecule has 5 heteroatoms. The van der Waals surface area contributed by atoms with Crippen LogP contribution in [-0.4, -0.2) is 32.1 Å². The van der Waals surface area contributed by atoms with Crippen molar-refractivity contribution in [3.05, 3.63) is 0 Å². The van der Waals surface area contributed by atoms with Crippen molar-refractivity contribution in [1.29, 1.82) is 0 Å². The van der Waals surface area contributed by atoms with E-state index in [1.54, 1.807) is 0 Å². The summed E-state index contributed by atoms with van der Waals surface area (Å²) in [5.41, 5.74) is 10.7. The molecule has 1 aliphatic heterocycles. The van der Waals surface area contributed by atoms with E-state index in [0.29, 0.717) is 19.9 Å². The van der Waals surface area contributed by atoms with Gasteiger partial charge in [-0.25, -0.2) is 0 Å². The summed E-state index contributed by atoms with van der Waals surface area (Å²) < 4.78 is 10.2. The molecule has 0 aromatic heterocycles. The predicted molar refractivity (Wildman–Crippen MR) is 32.7 cm³/mol. The Morgan fingerprint density at radius 3 is 1.80 bits per heavy atom. The number of rotatable bonds is 2. The second kappa shape index (κ2) is 5.21. The molecule has 1 heterocycles. The quantitative estimate of drug-likeness (QED) is 0.658. The number of hydrogen-bond donors (Lipinski definition) is 2. The third-order valence-corrected chi connectivity index (χ3v) is 1.44. The van der Waals surface area contributed by atoms with Crippen LogP contribution in [0.1, 0.15) is 0 Å². The molecule has 0 radical (unpaired) electrons. The van der Waals surface area contributed by atoms with Crippen LogP contribution < -0.4 is 11.5 Å². The summed E-state index contributed by atoms with van der Waals surface area (Å²) in [5.74, 6) is 0. The molecule has 0 aromatic carbocycles. The zero-order valence-electron chi connectivity index (χ0n) is 5.56. The largest absolute Gasteiger partial charge is 2.00 e. The Kier molecular flexibility index (Phi) is 5.49. The Labute approximate surface area is 74.5 Å². The van der Waals surface area contributed by atoms with Crippen LogP contribution >= 0.6 is 0 Å². The molecule has 62 valence electrons.